The third kappa shape index (κ3) is 4.37. The Morgan fingerprint density at radius 2 is 2.03 bits per heavy atom. The first-order valence-electron chi connectivity index (χ1n) is 9.56. The number of nitrogens with zero attached hydrogens (tertiary/aromatic N) is 1. The summed E-state index contributed by atoms with van der Waals surface area (Å²) in [5.41, 5.74) is 2.19. The quantitative estimate of drug-likeness (QED) is 0.653. The van der Waals surface area contributed by atoms with Crippen molar-refractivity contribution >= 4 is 22.2 Å². The molecule has 1 aliphatic rings. The van der Waals surface area contributed by atoms with Crippen molar-refractivity contribution in [2.24, 2.45) is 0 Å². The Balaban J connectivity index is 1.73. The molecule has 152 valence electrons. The Labute approximate surface area is 174 Å². The van der Waals surface area contributed by atoms with Gasteiger partial charge in [0.15, 0.2) is 5.76 Å². The van der Waals surface area contributed by atoms with Gasteiger partial charge in [0.2, 0.25) is 0 Å². The molecule has 7 heteroatoms. The number of aryl methyl sites for hydroxylation is 1. The molecule has 0 unspecified atom stereocenters. The molecule has 0 spiro atoms. The minimum Gasteiger partial charge on any atom is -0.497 e. The standard InChI is InChI=1S/C22H24N2O4S/c1-15-13-18(22(29-15)23-21(25)19-7-4-10-28-19)20(24-8-11-27-12-9-24)16-5-3-6-17(14-16)26-2/h3-7,10,13-14,20H,8-9,11-12H2,1-2H3,(H,23,25)/t20-/m1/s1. The van der Waals surface area contributed by atoms with Gasteiger partial charge in [0, 0.05) is 23.5 Å². The Morgan fingerprint density at radius 3 is 2.76 bits per heavy atom. The van der Waals surface area contributed by atoms with Gasteiger partial charge in [0.25, 0.3) is 5.91 Å². The van der Waals surface area contributed by atoms with Crippen LogP contribution >= 0.6 is 11.3 Å². The van der Waals surface area contributed by atoms with E-state index in [1.165, 1.54) is 6.26 Å². The molecule has 2 aromatic heterocycles. The topological polar surface area (TPSA) is 63.9 Å². The summed E-state index contributed by atoms with van der Waals surface area (Å²) in [6.07, 6.45) is 1.50. The van der Waals surface area contributed by atoms with Crippen LogP contribution in [0, 0.1) is 6.92 Å². The van der Waals surface area contributed by atoms with Crippen LogP contribution in [0.4, 0.5) is 5.00 Å². The van der Waals surface area contributed by atoms with E-state index in [1.807, 2.05) is 12.1 Å². The van der Waals surface area contributed by atoms with Gasteiger partial charge in [0.05, 0.1) is 32.6 Å². The molecule has 0 radical (unpaired) electrons. The molecule has 0 saturated carbocycles. The SMILES string of the molecule is COc1cccc([C@H](c2cc(C)sc2NC(=O)c2ccco2)N2CCOCC2)c1. The summed E-state index contributed by atoms with van der Waals surface area (Å²) < 4.78 is 16.3. The van der Waals surface area contributed by atoms with E-state index >= 15 is 0 Å². The maximum Gasteiger partial charge on any atom is 0.291 e. The van der Waals surface area contributed by atoms with Crippen LogP contribution in [0.1, 0.15) is 32.6 Å². The van der Waals surface area contributed by atoms with Crippen molar-refractivity contribution in [2.75, 3.05) is 38.7 Å². The molecule has 29 heavy (non-hydrogen) atoms. The number of benzene rings is 1. The maximum atomic E-state index is 12.6. The Morgan fingerprint density at radius 1 is 1.21 bits per heavy atom. The van der Waals surface area contributed by atoms with Crippen molar-refractivity contribution in [2.45, 2.75) is 13.0 Å². The summed E-state index contributed by atoms with van der Waals surface area (Å²) in [6.45, 7) is 5.08. The highest BCUT2D eigenvalue weighted by molar-refractivity contribution is 7.16. The van der Waals surface area contributed by atoms with Crippen LogP contribution in [0.5, 0.6) is 5.75 Å². The molecule has 0 aliphatic carbocycles. The van der Waals surface area contributed by atoms with E-state index < -0.39 is 0 Å². The number of carbonyl (C=O) groups is 1. The number of morpholine rings is 1. The molecule has 1 fully saturated rings. The van der Waals surface area contributed by atoms with Crippen LogP contribution in [-0.2, 0) is 4.74 Å². The smallest absolute Gasteiger partial charge is 0.291 e. The molecular weight excluding hydrogens is 388 g/mol. The highest BCUT2D eigenvalue weighted by Crippen LogP contribution is 2.40. The van der Waals surface area contributed by atoms with Crippen molar-refractivity contribution < 1.29 is 18.7 Å². The van der Waals surface area contributed by atoms with E-state index in [4.69, 9.17) is 13.9 Å². The minimum absolute atomic E-state index is 0.00847. The molecule has 3 aromatic rings. The summed E-state index contributed by atoms with van der Waals surface area (Å²) in [5, 5.41) is 3.88. The third-order valence-corrected chi connectivity index (χ3v) is 5.95. The number of furan rings is 1. The number of hydrogen-bond donors (Lipinski definition) is 1. The number of hydrogen-bond acceptors (Lipinski definition) is 6. The summed E-state index contributed by atoms with van der Waals surface area (Å²) in [5.74, 6) is 0.865. The molecule has 1 saturated heterocycles. The predicted molar refractivity (Wildman–Crippen MR) is 113 cm³/mol. The zero-order valence-electron chi connectivity index (χ0n) is 16.5. The number of rotatable bonds is 6. The normalized spacial score (nSPS) is 15.8. The molecule has 1 amide bonds. The Bertz CT molecular complexity index is 961. The highest BCUT2D eigenvalue weighted by atomic mass is 32.1. The van der Waals surface area contributed by atoms with Gasteiger partial charge in [-0.2, -0.15) is 0 Å². The average Bonchev–Trinajstić information content (AvgIpc) is 3.40. The van der Waals surface area contributed by atoms with E-state index in [0.717, 1.165) is 39.8 Å². The number of nitrogens with one attached hydrogen (secondary N) is 1. The largest absolute Gasteiger partial charge is 0.497 e. The number of methoxy groups -OCH3 is 1. The lowest BCUT2D eigenvalue weighted by atomic mass is 9.97. The van der Waals surface area contributed by atoms with Gasteiger partial charge in [-0.3, -0.25) is 9.69 Å². The van der Waals surface area contributed by atoms with Crippen LogP contribution in [0.3, 0.4) is 0 Å². The lowest BCUT2D eigenvalue weighted by Crippen LogP contribution is -2.39. The van der Waals surface area contributed by atoms with Gasteiger partial charge in [-0.05, 0) is 42.8 Å². The molecular formula is C22H24N2O4S. The van der Waals surface area contributed by atoms with Gasteiger partial charge >= 0.3 is 0 Å². The Kier molecular flexibility index (Phi) is 5.99. The molecule has 6 nitrogen and oxygen atoms in total. The molecule has 1 N–H and O–H groups in total. The zero-order chi connectivity index (χ0) is 20.2. The van der Waals surface area contributed by atoms with E-state index in [0.29, 0.717) is 19.0 Å². The van der Waals surface area contributed by atoms with Crippen LogP contribution in [0.2, 0.25) is 0 Å². The summed E-state index contributed by atoms with van der Waals surface area (Å²) in [6, 6.07) is 13.6. The second-order valence-corrected chi connectivity index (χ2v) is 8.16. The van der Waals surface area contributed by atoms with Crippen molar-refractivity contribution in [3.63, 3.8) is 0 Å². The molecule has 1 atom stereocenters. The first kappa shape index (κ1) is 19.7. The fraction of sp³-hybridized carbons (Fsp3) is 0.318. The molecule has 1 aromatic carbocycles. The van der Waals surface area contributed by atoms with E-state index in [2.05, 4.69) is 35.3 Å². The first-order valence-corrected chi connectivity index (χ1v) is 10.4. The van der Waals surface area contributed by atoms with E-state index in [1.54, 1.807) is 30.6 Å². The van der Waals surface area contributed by atoms with Crippen molar-refractivity contribution in [1.29, 1.82) is 0 Å². The molecule has 1 aliphatic heterocycles. The number of thiophene rings is 1. The number of anilines is 1. The number of carbonyl (C=O) groups excluding carboxylic acids is 1. The van der Waals surface area contributed by atoms with Gasteiger partial charge in [-0.25, -0.2) is 0 Å². The van der Waals surface area contributed by atoms with Crippen LogP contribution < -0.4 is 10.1 Å². The monoisotopic (exact) mass is 412 g/mol. The molecule has 3 heterocycles. The lowest BCUT2D eigenvalue weighted by Gasteiger charge is -2.35. The summed E-state index contributed by atoms with van der Waals surface area (Å²) >= 11 is 1.57. The second kappa shape index (κ2) is 8.82. The van der Waals surface area contributed by atoms with Gasteiger partial charge < -0.3 is 19.2 Å². The van der Waals surface area contributed by atoms with Crippen LogP contribution in [0.25, 0.3) is 0 Å². The summed E-state index contributed by atoms with van der Waals surface area (Å²) in [4.78, 5) is 16.1. The molecule has 0 bridgehead atoms. The second-order valence-electron chi connectivity index (χ2n) is 6.90. The Hall–Kier alpha value is -2.61. The predicted octanol–water partition coefficient (Wildman–Crippen LogP) is 4.33. The molecule has 4 rings (SSSR count). The fourth-order valence-electron chi connectivity index (χ4n) is 3.64. The van der Waals surface area contributed by atoms with E-state index in [9.17, 15) is 4.79 Å². The van der Waals surface area contributed by atoms with Gasteiger partial charge in [-0.15, -0.1) is 11.3 Å². The lowest BCUT2D eigenvalue weighted by molar-refractivity contribution is 0.0241. The van der Waals surface area contributed by atoms with Crippen molar-refractivity contribution in [3.8, 4) is 5.75 Å². The van der Waals surface area contributed by atoms with Crippen LogP contribution in [0.15, 0.2) is 53.1 Å². The van der Waals surface area contributed by atoms with Crippen LogP contribution in [-0.4, -0.2) is 44.2 Å². The number of ether oxygens (including phenoxy) is 2. The average molecular weight is 413 g/mol. The van der Waals surface area contributed by atoms with Crippen molar-refractivity contribution in [3.05, 3.63) is 70.5 Å². The fourth-order valence-corrected chi connectivity index (χ4v) is 4.58. The van der Waals surface area contributed by atoms with Gasteiger partial charge in [0.1, 0.15) is 10.8 Å². The zero-order valence-corrected chi connectivity index (χ0v) is 17.3. The highest BCUT2D eigenvalue weighted by Gasteiger charge is 2.29. The number of amides is 1. The van der Waals surface area contributed by atoms with E-state index in [-0.39, 0.29) is 11.9 Å². The summed E-state index contributed by atoms with van der Waals surface area (Å²) in [7, 11) is 1.67. The maximum absolute atomic E-state index is 12.6. The minimum atomic E-state index is -0.246. The van der Waals surface area contributed by atoms with Crippen molar-refractivity contribution in [1.82, 2.24) is 4.90 Å². The van der Waals surface area contributed by atoms with Gasteiger partial charge in [-0.1, -0.05) is 12.1 Å². The first-order chi connectivity index (χ1) is 14.2. The third-order valence-electron chi connectivity index (χ3n) is 4.97.